The number of fused-ring (bicyclic) bond motifs is 1. The number of rotatable bonds is 5. The number of furan rings is 1. The molecule has 3 rings (SSSR count). The zero-order valence-corrected chi connectivity index (χ0v) is 13.4. The van der Waals surface area contributed by atoms with Gasteiger partial charge in [-0.15, -0.1) is 0 Å². The highest BCUT2D eigenvalue weighted by Gasteiger charge is 2.24. The van der Waals surface area contributed by atoms with Gasteiger partial charge in [-0.05, 0) is 31.5 Å². The smallest absolute Gasteiger partial charge is 0.326 e. The molecule has 3 aromatic rings. The number of H-pyrrole nitrogens is 1. The lowest BCUT2D eigenvalue weighted by Gasteiger charge is -2.14. The number of carbonyl (C=O) groups excluding carboxylic acids is 1. The van der Waals surface area contributed by atoms with Crippen molar-refractivity contribution in [1.82, 2.24) is 10.3 Å². The Labute approximate surface area is 138 Å². The number of aromatic nitrogens is 1. The third-order valence-corrected chi connectivity index (χ3v) is 3.99. The molecule has 1 aromatic carbocycles. The summed E-state index contributed by atoms with van der Waals surface area (Å²) in [5, 5.41) is 13.0. The van der Waals surface area contributed by atoms with E-state index in [1.54, 1.807) is 26.1 Å². The predicted octanol–water partition coefficient (Wildman–Crippen LogP) is 2.80. The minimum absolute atomic E-state index is 0.195. The Morgan fingerprint density at radius 2 is 2.04 bits per heavy atom. The number of carboxylic acid groups (broad SMARTS) is 1. The van der Waals surface area contributed by atoms with E-state index >= 15 is 0 Å². The third-order valence-electron chi connectivity index (χ3n) is 3.99. The van der Waals surface area contributed by atoms with E-state index in [0.717, 1.165) is 16.5 Å². The number of aromatic amines is 1. The van der Waals surface area contributed by atoms with Crippen LogP contribution in [0, 0.1) is 13.8 Å². The van der Waals surface area contributed by atoms with Crippen molar-refractivity contribution in [1.29, 1.82) is 0 Å². The molecule has 0 fully saturated rings. The zero-order chi connectivity index (χ0) is 17.3. The third kappa shape index (κ3) is 3.03. The molecule has 1 atom stereocenters. The van der Waals surface area contributed by atoms with Gasteiger partial charge in [0.2, 0.25) is 0 Å². The molecule has 0 saturated heterocycles. The first kappa shape index (κ1) is 15.9. The Hall–Kier alpha value is -3.02. The number of hydrogen-bond donors (Lipinski definition) is 3. The van der Waals surface area contributed by atoms with Crippen LogP contribution in [0.15, 0.2) is 40.9 Å². The maximum atomic E-state index is 12.3. The van der Waals surface area contributed by atoms with Crippen molar-refractivity contribution in [2.24, 2.45) is 0 Å². The average Bonchev–Trinajstić information content (AvgIpc) is 3.09. The molecule has 2 aromatic heterocycles. The summed E-state index contributed by atoms with van der Waals surface area (Å²) in [7, 11) is 0. The number of para-hydroxylation sites is 1. The van der Waals surface area contributed by atoms with Gasteiger partial charge < -0.3 is 19.8 Å². The van der Waals surface area contributed by atoms with Crippen molar-refractivity contribution in [3.05, 3.63) is 59.2 Å². The van der Waals surface area contributed by atoms with Gasteiger partial charge in [0.05, 0.1) is 5.56 Å². The second-order valence-electron chi connectivity index (χ2n) is 5.75. The van der Waals surface area contributed by atoms with Gasteiger partial charge in [-0.1, -0.05) is 18.2 Å². The normalized spacial score (nSPS) is 12.2. The number of aryl methyl sites for hydroxylation is 2. The Bertz CT molecular complexity index is 907. The van der Waals surface area contributed by atoms with Gasteiger partial charge in [-0.2, -0.15) is 0 Å². The van der Waals surface area contributed by atoms with Crippen molar-refractivity contribution >= 4 is 22.8 Å². The number of aliphatic carboxylic acids is 1. The lowest BCUT2D eigenvalue weighted by molar-refractivity contribution is -0.139. The second kappa shape index (κ2) is 6.23. The molecule has 0 unspecified atom stereocenters. The highest BCUT2D eigenvalue weighted by atomic mass is 16.4. The number of benzene rings is 1. The van der Waals surface area contributed by atoms with Crippen LogP contribution < -0.4 is 5.32 Å². The second-order valence-corrected chi connectivity index (χ2v) is 5.75. The lowest BCUT2D eigenvalue weighted by Crippen LogP contribution is -2.42. The zero-order valence-electron chi connectivity index (χ0n) is 13.4. The number of hydrogen-bond acceptors (Lipinski definition) is 3. The van der Waals surface area contributed by atoms with Crippen LogP contribution in [-0.4, -0.2) is 28.0 Å². The minimum atomic E-state index is -1.08. The largest absolute Gasteiger partial charge is 0.480 e. The Balaban J connectivity index is 1.81. The Kier molecular flexibility index (Phi) is 4.12. The number of amides is 1. The van der Waals surface area contributed by atoms with Crippen LogP contribution in [0.5, 0.6) is 0 Å². The van der Waals surface area contributed by atoms with Crippen molar-refractivity contribution < 1.29 is 19.1 Å². The maximum absolute atomic E-state index is 12.3. The van der Waals surface area contributed by atoms with Crippen LogP contribution in [0.4, 0.5) is 0 Å². The topological polar surface area (TPSA) is 95.3 Å². The van der Waals surface area contributed by atoms with Gasteiger partial charge in [0, 0.05) is 23.5 Å². The summed E-state index contributed by atoms with van der Waals surface area (Å²) in [6, 6.07) is 8.23. The first-order valence-corrected chi connectivity index (χ1v) is 7.61. The van der Waals surface area contributed by atoms with Crippen LogP contribution in [-0.2, 0) is 11.2 Å². The molecule has 6 nitrogen and oxygen atoms in total. The van der Waals surface area contributed by atoms with E-state index in [0.29, 0.717) is 17.1 Å². The molecular weight excluding hydrogens is 308 g/mol. The minimum Gasteiger partial charge on any atom is -0.480 e. The van der Waals surface area contributed by atoms with E-state index in [2.05, 4.69) is 10.3 Å². The molecule has 0 aliphatic heterocycles. The first-order chi connectivity index (χ1) is 11.5. The van der Waals surface area contributed by atoms with Crippen LogP contribution in [0.2, 0.25) is 0 Å². The summed E-state index contributed by atoms with van der Waals surface area (Å²) in [5.74, 6) is -0.439. The van der Waals surface area contributed by atoms with E-state index in [-0.39, 0.29) is 6.42 Å². The molecular formula is C18H18N2O4. The molecule has 0 spiro atoms. The fourth-order valence-electron chi connectivity index (χ4n) is 2.81. The average molecular weight is 326 g/mol. The molecule has 6 heteroatoms. The van der Waals surface area contributed by atoms with Crippen LogP contribution in [0.25, 0.3) is 10.9 Å². The van der Waals surface area contributed by atoms with E-state index in [1.165, 1.54) is 0 Å². The standard InChI is InChI=1S/C18H18N2O4/c1-10-7-14(11(2)24-10)17(21)20-16(18(22)23)8-12-9-19-15-6-4-3-5-13(12)15/h3-7,9,16,19H,8H2,1-2H3,(H,20,21)(H,22,23)/t16-/m0/s1. The van der Waals surface area contributed by atoms with Crippen molar-refractivity contribution in [2.45, 2.75) is 26.3 Å². The Morgan fingerprint density at radius 3 is 2.71 bits per heavy atom. The summed E-state index contributed by atoms with van der Waals surface area (Å²) in [5.41, 5.74) is 2.14. The van der Waals surface area contributed by atoms with Crippen molar-refractivity contribution in [3.8, 4) is 0 Å². The monoisotopic (exact) mass is 326 g/mol. The van der Waals surface area contributed by atoms with Crippen LogP contribution >= 0.6 is 0 Å². The predicted molar refractivity (Wildman–Crippen MR) is 89.1 cm³/mol. The summed E-state index contributed by atoms with van der Waals surface area (Å²) in [6.45, 7) is 3.42. The SMILES string of the molecule is Cc1cc(C(=O)N[C@@H](Cc2c[nH]c3ccccc23)C(=O)O)c(C)o1. The Morgan fingerprint density at radius 1 is 1.29 bits per heavy atom. The van der Waals surface area contributed by atoms with Gasteiger partial charge >= 0.3 is 5.97 Å². The van der Waals surface area contributed by atoms with E-state index in [9.17, 15) is 14.7 Å². The fraction of sp³-hybridized carbons (Fsp3) is 0.222. The summed E-state index contributed by atoms with van der Waals surface area (Å²) >= 11 is 0. The number of carboxylic acids is 1. The van der Waals surface area contributed by atoms with Gasteiger partial charge in [-0.3, -0.25) is 4.79 Å². The fourth-order valence-corrected chi connectivity index (χ4v) is 2.81. The number of nitrogens with one attached hydrogen (secondary N) is 2. The molecule has 2 heterocycles. The van der Waals surface area contributed by atoms with Gasteiger partial charge in [0.15, 0.2) is 0 Å². The quantitative estimate of drug-likeness (QED) is 0.672. The van der Waals surface area contributed by atoms with Crippen molar-refractivity contribution in [3.63, 3.8) is 0 Å². The molecule has 24 heavy (non-hydrogen) atoms. The van der Waals surface area contributed by atoms with Crippen LogP contribution in [0.3, 0.4) is 0 Å². The summed E-state index contributed by atoms with van der Waals surface area (Å²) in [4.78, 5) is 27.0. The van der Waals surface area contributed by atoms with Crippen LogP contribution in [0.1, 0.15) is 27.4 Å². The van der Waals surface area contributed by atoms with Crippen molar-refractivity contribution in [2.75, 3.05) is 0 Å². The summed E-state index contributed by atoms with van der Waals surface area (Å²) in [6.07, 6.45) is 1.97. The summed E-state index contributed by atoms with van der Waals surface area (Å²) < 4.78 is 5.33. The molecule has 0 aliphatic rings. The first-order valence-electron chi connectivity index (χ1n) is 7.61. The molecule has 1 amide bonds. The van der Waals surface area contributed by atoms with E-state index in [4.69, 9.17) is 4.42 Å². The highest BCUT2D eigenvalue weighted by molar-refractivity contribution is 5.97. The highest BCUT2D eigenvalue weighted by Crippen LogP contribution is 2.20. The maximum Gasteiger partial charge on any atom is 0.326 e. The molecule has 124 valence electrons. The lowest BCUT2D eigenvalue weighted by atomic mass is 10.0. The molecule has 0 aliphatic carbocycles. The number of carbonyl (C=O) groups is 2. The molecule has 3 N–H and O–H groups in total. The van der Waals surface area contributed by atoms with E-state index in [1.807, 2.05) is 24.3 Å². The molecule has 0 saturated carbocycles. The molecule has 0 bridgehead atoms. The van der Waals surface area contributed by atoms with Gasteiger partial charge in [0.25, 0.3) is 5.91 Å². The molecule has 0 radical (unpaired) electrons. The van der Waals surface area contributed by atoms with Gasteiger partial charge in [-0.25, -0.2) is 4.79 Å². The van der Waals surface area contributed by atoms with Gasteiger partial charge in [0.1, 0.15) is 17.6 Å². The van der Waals surface area contributed by atoms with E-state index < -0.39 is 17.9 Å².